The smallest absolute Gasteiger partial charge is 0.271 e. The number of rotatable bonds is 5. The van der Waals surface area contributed by atoms with E-state index in [1.807, 2.05) is 9.80 Å². The molecule has 0 radical (unpaired) electrons. The Morgan fingerprint density at radius 1 is 1.27 bits per heavy atom. The van der Waals surface area contributed by atoms with E-state index in [0.29, 0.717) is 26.2 Å². The molecule has 3 rings (SSSR count). The number of hydrogen-bond acceptors (Lipinski definition) is 5. The average molecular weight is 381 g/mol. The van der Waals surface area contributed by atoms with Gasteiger partial charge in [-0.1, -0.05) is 11.6 Å². The van der Waals surface area contributed by atoms with Crippen molar-refractivity contribution in [2.75, 3.05) is 31.5 Å². The van der Waals surface area contributed by atoms with Gasteiger partial charge in [-0.15, -0.1) is 0 Å². The summed E-state index contributed by atoms with van der Waals surface area (Å²) in [5.41, 5.74) is 0.0878. The van der Waals surface area contributed by atoms with Gasteiger partial charge in [-0.3, -0.25) is 24.6 Å². The molecule has 8 nitrogen and oxygen atoms in total. The number of carbonyl (C=O) groups excluding carboxylic acids is 2. The summed E-state index contributed by atoms with van der Waals surface area (Å²) in [6.07, 6.45) is 1.98. The Labute approximate surface area is 156 Å². The van der Waals surface area contributed by atoms with E-state index in [0.717, 1.165) is 12.8 Å². The fourth-order valence-electron chi connectivity index (χ4n) is 3.04. The molecule has 9 heteroatoms. The topological polar surface area (TPSA) is 95.8 Å². The van der Waals surface area contributed by atoms with Gasteiger partial charge < -0.3 is 10.2 Å². The van der Waals surface area contributed by atoms with Gasteiger partial charge in [-0.05, 0) is 25.8 Å². The molecular weight excluding hydrogens is 360 g/mol. The van der Waals surface area contributed by atoms with Crippen LogP contribution in [0.25, 0.3) is 0 Å². The molecule has 1 aliphatic heterocycles. The van der Waals surface area contributed by atoms with Crippen molar-refractivity contribution in [3.63, 3.8) is 0 Å². The number of nitrogens with zero attached hydrogens (tertiary/aromatic N) is 3. The highest BCUT2D eigenvalue weighted by Gasteiger charge is 2.35. The molecule has 26 heavy (non-hydrogen) atoms. The zero-order valence-electron chi connectivity index (χ0n) is 14.5. The van der Waals surface area contributed by atoms with Gasteiger partial charge in [0, 0.05) is 44.2 Å². The minimum atomic E-state index is -0.536. The molecule has 1 aliphatic carbocycles. The van der Waals surface area contributed by atoms with Crippen LogP contribution in [-0.4, -0.2) is 58.8 Å². The number of non-ortho nitro benzene ring substituents is 1. The maximum Gasteiger partial charge on any atom is 0.271 e. The van der Waals surface area contributed by atoms with Crippen molar-refractivity contribution in [1.82, 2.24) is 9.80 Å². The second kappa shape index (κ2) is 7.59. The summed E-state index contributed by atoms with van der Waals surface area (Å²) in [5.74, 6) is 0.151. The number of amides is 2. The van der Waals surface area contributed by atoms with Crippen molar-refractivity contribution in [1.29, 1.82) is 0 Å². The van der Waals surface area contributed by atoms with Crippen molar-refractivity contribution in [2.24, 2.45) is 5.92 Å². The molecule has 140 valence electrons. The van der Waals surface area contributed by atoms with Crippen LogP contribution in [0.3, 0.4) is 0 Å². The summed E-state index contributed by atoms with van der Waals surface area (Å²) in [4.78, 5) is 38.8. The first-order valence-electron chi connectivity index (χ1n) is 8.64. The zero-order chi connectivity index (χ0) is 18.8. The van der Waals surface area contributed by atoms with Crippen LogP contribution in [0.2, 0.25) is 5.02 Å². The molecule has 2 fully saturated rings. The fraction of sp³-hybridized carbons (Fsp3) is 0.529. The highest BCUT2D eigenvalue weighted by molar-refractivity contribution is 6.33. The van der Waals surface area contributed by atoms with E-state index in [-0.39, 0.29) is 34.1 Å². The predicted molar refractivity (Wildman–Crippen MR) is 97.1 cm³/mol. The van der Waals surface area contributed by atoms with Crippen molar-refractivity contribution in [3.8, 4) is 0 Å². The Morgan fingerprint density at radius 3 is 2.50 bits per heavy atom. The van der Waals surface area contributed by atoms with Crippen LogP contribution in [0, 0.1) is 16.0 Å². The first-order chi connectivity index (χ1) is 12.4. The molecule has 1 atom stereocenters. The predicted octanol–water partition coefficient (Wildman–Crippen LogP) is 2.13. The van der Waals surface area contributed by atoms with Crippen molar-refractivity contribution >= 4 is 34.8 Å². The molecule has 1 aromatic rings. The summed E-state index contributed by atoms with van der Waals surface area (Å²) >= 11 is 6.03. The molecule has 1 aromatic carbocycles. The monoisotopic (exact) mass is 380 g/mol. The molecule has 1 N–H and O–H groups in total. The SMILES string of the molecule is C[C@H](C(=O)Nc1cc([N+](=O)[O-])ccc1Cl)N1CCN(C(=O)C2CC2)CC1. The van der Waals surface area contributed by atoms with Gasteiger partial charge in [-0.25, -0.2) is 0 Å². The van der Waals surface area contributed by atoms with Crippen LogP contribution in [0.4, 0.5) is 11.4 Å². The minimum Gasteiger partial charge on any atom is -0.340 e. The maximum absolute atomic E-state index is 12.5. The molecule has 2 aliphatic rings. The first-order valence-corrected chi connectivity index (χ1v) is 9.02. The normalized spacial score (nSPS) is 19.1. The molecular formula is C17H21ClN4O4. The summed E-state index contributed by atoms with van der Waals surface area (Å²) in [6, 6.07) is 3.50. The molecule has 2 amide bonds. The zero-order valence-corrected chi connectivity index (χ0v) is 15.2. The highest BCUT2D eigenvalue weighted by Crippen LogP contribution is 2.31. The number of halogens is 1. The lowest BCUT2D eigenvalue weighted by atomic mass is 10.2. The highest BCUT2D eigenvalue weighted by atomic mass is 35.5. The number of nitrogens with one attached hydrogen (secondary N) is 1. The summed E-state index contributed by atoms with van der Waals surface area (Å²) in [7, 11) is 0. The van der Waals surface area contributed by atoms with E-state index in [2.05, 4.69) is 5.32 Å². The van der Waals surface area contributed by atoms with Crippen LogP contribution in [-0.2, 0) is 9.59 Å². The van der Waals surface area contributed by atoms with Gasteiger partial charge in [0.25, 0.3) is 5.69 Å². The van der Waals surface area contributed by atoms with Crippen molar-refractivity contribution in [2.45, 2.75) is 25.8 Å². The number of nitro benzene ring substituents is 1. The number of piperazine rings is 1. The van der Waals surface area contributed by atoms with E-state index in [1.165, 1.54) is 18.2 Å². The lowest BCUT2D eigenvalue weighted by molar-refractivity contribution is -0.384. The second-order valence-corrected chi connectivity index (χ2v) is 7.13. The standard InChI is InChI=1S/C17H21ClN4O4/c1-11(20-6-8-21(9-7-20)17(24)12-2-3-12)16(23)19-15-10-13(22(25)26)4-5-14(15)18/h4-5,10-12H,2-3,6-9H2,1H3,(H,19,23)/t11-/m1/s1. The Balaban J connectivity index is 1.57. The first kappa shape index (κ1) is 18.6. The molecule has 1 saturated carbocycles. The summed E-state index contributed by atoms with van der Waals surface area (Å²) in [6.45, 7) is 4.25. The third-order valence-electron chi connectivity index (χ3n) is 4.90. The van der Waals surface area contributed by atoms with Crippen molar-refractivity contribution in [3.05, 3.63) is 33.3 Å². The lowest BCUT2D eigenvalue weighted by Crippen LogP contribution is -2.54. The Hall–Kier alpha value is -2.19. The van der Waals surface area contributed by atoms with Gasteiger partial charge in [0.2, 0.25) is 11.8 Å². The van der Waals surface area contributed by atoms with Crippen LogP contribution < -0.4 is 5.32 Å². The molecule has 0 unspecified atom stereocenters. The van der Waals surface area contributed by atoms with Crippen LogP contribution in [0.5, 0.6) is 0 Å². The van der Waals surface area contributed by atoms with E-state index in [9.17, 15) is 19.7 Å². The van der Waals surface area contributed by atoms with Crippen LogP contribution in [0.1, 0.15) is 19.8 Å². The summed E-state index contributed by atoms with van der Waals surface area (Å²) < 4.78 is 0. The number of nitro groups is 1. The van der Waals surface area contributed by atoms with Crippen LogP contribution >= 0.6 is 11.6 Å². The van der Waals surface area contributed by atoms with E-state index in [4.69, 9.17) is 11.6 Å². The average Bonchev–Trinajstić information content (AvgIpc) is 3.47. The Kier molecular flexibility index (Phi) is 5.43. The lowest BCUT2D eigenvalue weighted by Gasteiger charge is -2.37. The Bertz CT molecular complexity index is 729. The van der Waals surface area contributed by atoms with Crippen LogP contribution in [0.15, 0.2) is 18.2 Å². The molecule has 1 heterocycles. The van der Waals surface area contributed by atoms with Gasteiger partial charge in [-0.2, -0.15) is 0 Å². The quantitative estimate of drug-likeness (QED) is 0.623. The van der Waals surface area contributed by atoms with Gasteiger partial charge in [0.15, 0.2) is 0 Å². The number of benzene rings is 1. The third-order valence-corrected chi connectivity index (χ3v) is 5.23. The fourth-order valence-corrected chi connectivity index (χ4v) is 3.21. The van der Waals surface area contributed by atoms with E-state index < -0.39 is 11.0 Å². The number of hydrogen-bond donors (Lipinski definition) is 1. The molecule has 1 saturated heterocycles. The number of carbonyl (C=O) groups is 2. The molecule has 0 spiro atoms. The number of anilines is 1. The second-order valence-electron chi connectivity index (χ2n) is 6.72. The van der Waals surface area contributed by atoms with Gasteiger partial charge in [0.1, 0.15) is 0 Å². The van der Waals surface area contributed by atoms with Gasteiger partial charge >= 0.3 is 0 Å². The third kappa shape index (κ3) is 4.13. The Morgan fingerprint density at radius 2 is 1.92 bits per heavy atom. The van der Waals surface area contributed by atoms with Gasteiger partial charge in [0.05, 0.1) is 21.7 Å². The van der Waals surface area contributed by atoms with E-state index >= 15 is 0 Å². The molecule has 0 aromatic heterocycles. The minimum absolute atomic E-state index is 0.135. The van der Waals surface area contributed by atoms with E-state index in [1.54, 1.807) is 6.92 Å². The maximum atomic E-state index is 12.5. The van der Waals surface area contributed by atoms with Crippen molar-refractivity contribution < 1.29 is 14.5 Å². The summed E-state index contributed by atoms with van der Waals surface area (Å²) in [5, 5.41) is 13.8. The largest absolute Gasteiger partial charge is 0.340 e. The molecule has 0 bridgehead atoms.